The van der Waals surface area contributed by atoms with E-state index in [4.69, 9.17) is 9.15 Å². The van der Waals surface area contributed by atoms with Crippen molar-refractivity contribution >= 4 is 26.8 Å². The van der Waals surface area contributed by atoms with E-state index in [-0.39, 0.29) is 13.2 Å². The molecule has 0 aliphatic carbocycles. The topological polar surface area (TPSA) is 61.4 Å². The Morgan fingerprint density at radius 1 is 1.17 bits per heavy atom. The highest BCUT2D eigenvalue weighted by Gasteiger charge is 2.13. The fraction of sp³-hybridized carbons (Fsp3) is 0.176. The smallest absolute Gasteiger partial charge is 0.422 e. The van der Waals surface area contributed by atoms with Gasteiger partial charge in [-0.2, -0.15) is 0 Å². The highest BCUT2D eigenvalue weighted by Crippen LogP contribution is 2.22. The molecule has 0 aliphatic heterocycles. The highest BCUT2D eigenvalue weighted by atomic mass is 79.9. The van der Waals surface area contributed by atoms with Gasteiger partial charge < -0.3 is 9.15 Å². The fourth-order valence-electron chi connectivity index (χ4n) is 2.42. The molecule has 0 saturated carbocycles. The fourth-order valence-corrected chi connectivity index (χ4v) is 3.21. The van der Waals surface area contributed by atoms with Crippen molar-refractivity contribution in [2.24, 2.45) is 0 Å². The standard InChI is InChI=1S/C17H14BrNO4/c1-11-9-13-15(14(18)10-11)19(17(21)23-16(13)20)7-8-22-12-5-3-2-4-6-12/h2-6,9-10H,7-8H2,1H3. The van der Waals surface area contributed by atoms with Crippen LogP contribution in [0.2, 0.25) is 0 Å². The maximum atomic E-state index is 12.1. The minimum Gasteiger partial charge on any atom is -0.492 e. The first-order valence-corrected chi connectivity index (χ1v) is 7.87. The molecule has 6 heteroatoms. The van der Waals surface area contributed by atoms with E-state index < -0.39 is 11.4 Å². The Kier molecular flexibility index (Phi) is 4.34. The van der Waals surface area contributed by atoms with Gasteiger partial charge in [-0.25, -0.2) is 9.59 Å². The van der Waals surface area contributed by atoms with Crippen molar-refractivity contribution in [3.63, 3.8) is 0 Å². The number of aromatic nitrogens is 1. The van der Waals surface area contributed by atoms with Gasteiger partial charge in [0.25, 0.3) is 0 Å². The average molecular weight is 376 g/mol. The molecule has 0 radical (unpaired) electrons. The molecule has 23 heavy (non-hydrogen) atoms. The van der Waals surface area contributed by atoms with Gasteiger partial charge in [-0.15, -0.1) is 0 Å². The van der Waals surface area contributed by atoms with Crippen LogP contribution in [-0.4, -0.2) is 11.2 Å². The Bertz CT molecular complexity index is 960. The van der Waals surface area contributed by atoms with Gasteiger partial charge >= 0.3 is 11.4 Å². The molecule has 5 nitrogen and oxygen atoms in total. The number of hydrogen-bond donors (Lipinski definition) is 0. The molecule has 0 bridgehead atoms. The second-order valence-electron chi connectivity index (χ2n) is 5.11. The largest absolute Gasteiger partial charge is 0.492 e. The van der Waals surface area contributed by atoms with E-state index in [0.717, 1.165) is 11.3 Å². The predicted octanol–water partition coefficient (Wildman–Crippen LogP) is 3.10. The quantitative estimate of drug-likeness (QED) is 0.702. The lowest BCUT2D eigenvalue weighted by Gasteiger charge is -2.11. The SMILES string of the molecule is Cc1cc(Br)c2c(c1)c(=O)oc(=O)n2CCOc1ccccc1. The number of benzene rings is 2. The summed E-state index contributed by atoms with van der Waals surface area (Å²) < 4.78 is 12.5. The summed E-state index contributed by atoms with van der Waals surface area (Å²) in [6.45, 7) is 2.43. The minimum absolute atomic E-state index is 0.273. The zero-order chi connectivity index (χ0) is 16.4. The molecule has 0 spiro atoms. The molecule has 0 amide bonds. The summed E-state index contributed by atoms with van der Waals surface area (Å²) in [5, 5.41) is 0.371. The molecule has 0 saturated heterocycles. The second-order valence-corrected chi connectivity index (χ2v) is 5.97. The zero-order valence-corrected chi connectivity index (χ0v) is 14.0. The van der Waals surface area contributed by atoms with Crippen LogP contribution in [0.3, 0.4) is 0 Å². The van der Waals surface area contributed by atoms with Gasteiger partial charge in [0.1, 0.15) is 12.4 Å². The minimum atomic E-state index is -0.691. The van der Waals surface area contributed by atoms with Crippen molar-refractivity contribution in [1.29, 1.82) is 0 Å². The molecule has 0 aliphatic rings. The lowest BCUT2D eigenvalue weighted by molar-refractivity contribution is 0.287. The lowest BCUT2D eigenvalue weighted by Crippen LogP contribution is -2.27. The molecule has 118 valence electrons. The van der Waals surface area contributed by atoms with Crippen LogP contribution in [0.25, 0.3) is 10.9 Å². The summed E-state index contributed by atoms with van der Waals surface area (Å²) in [7, 11) is 0. The predicted molar refractivity (Wildman–Crippen MR) is 91.1 cm³/mol. The van der Waals surface area contributed by atoms with Gasteiger partial charge in [0.05, 0.1) is 17.4 Å². The maximum absolute atomic E-state index is 12.1. The first kappa shape index (κ1) is 15.6. The van der Waals surface area contributed by atoms with Gasteiger partial charge in [-0.1, -0.05) is 18.2 Å². The number of halogens is 1. The highest BCUT2D eigenvalue weighted by molar-refractivity contribution is 9.10. The van der Waals surface area contributed by atoms with E-state index in [9.17, 15) is 9.59 Å². The van der Waals surface area contributed by atoms with Crippen LogP contribution in [0, 0.1) is 6.92 Å². The Morgan fingerprint density at radius 3 is 2.65 bits per heavy atom. The van der Waals surface area contributed by atoms with Gasteiger partial charge in [0.2, 0.25) is 0 Å². The summed E-state index contributed by atoms with van der Waals surface area (Å²) in [5.41, 5.74) is 0.797. The summed E-state index contributed by atoms with van der Waals surface area (Å²) in [5.74, 6) is 0.0286. The Hall–Kier alpha value is -2.34. The average Bonchev–Trinajstić information content (AvgIpc) is 2.51. The number of aryl methyl sites for hydroxylation is 1. The van der Waals surface area contributed by atoms with Gasteiger partial charge in [-0.05, 0) is 52.7 Å². The van der Waals surface area contributed by atoms with Crippen LogP contribution >= 0.6 is 15.9 Å². The normalized spacial score (nSPS) is 10.9. The molecule has 2 aromatic carbocycles. The Labute approximate surface area is 140 Å². The molecule has 1 aromatic heterocycles. The Morgan fingerprint density at radius 2 is 1.91 bits per heavy atom. The number of hydrogen-bond acceptors (Lipinski definition) is 4. The van der Waals surface area contributed by atoms with E-state index in [2.05, 4.69) is 15.9 Å². The lowest BCUT2D eigenvalue weighted by atomic mass is 10.2. The monoisotopic (exact) mass is 375 g/mol. The van der Waals surface area contributed by atoms with Crippen LogP contribution in [0.1, 0.15) is 5.56 Å². The molecule has 0 N–H and O–H groups in total. The van der Waals surface area contributed by atoms with Crippen LogP contribution in [-0.2, 0) is 6.54 Å². The van der Waals surface area contributed by atoms with E-state index in [1.807, 2.05) is 43.3 Å². The number of para-hydroxylation sites is 1. The first-order chi connectivity index (χ1) is 11.1. The molecule has 3 aromatic rings. The summed E-state index contributed by atoms with van der Waals surface area (Å²) in [4.78, 5) is 24.0. The molecule has 3 rings (SSSR count). The second kappa shape index (κ2) is 6.42. The van der Waals surface area contributed by atoms with Gasteiger partial charge in [-0.3, -0.25) is 4.57 Å². The molecule has 0 unspecified atom stereocenters. The Balaban J connectivity index is 1.97. The van der Waals surface area contributed by atoms with E-state index in [0.29, 0.717) is 15.4 Å². The number of ether oxygens (including phenoxy) is 1. The zero-order valence-electron chi connectivity index (χ0n) is 12.4. The van der Waals surface area contributed by atoms with E-state index in [1.165, 1.54) is 4.57 Å². The third-order valence-electron chi connectivity index (χ3n) is 3.42. The van der Waals surface area contributed by atoms with Crippen molar-refractivity contribution in [2.75, 3.05) is 6.61 Å². The van der Waals surface area contributed by atoms with Gasteiger partial charge in [0.15, 0.2) is 0 Å². The van der Waals surface area contributed by atoms with E-state index in [1.54, 1.807) is 6.07 Å². The summed E-state index contributed by atoms with van der Waals surface area (Å²) >= 11 is 3.42. The van der Waals surface area contributed by atoms with Crippen molar-refractivity contribution in [3.05, 3.63) is 73.5 Å². The summed E-state index contributed by atoms with van der Waals surface area (Å²) in [6, 6.07) is 12.9. The number of fused-ring (bicyclic) bond motifs is 1. The van der Waals surface area contributed by atoms with Crippen LogP contribution in [0.15, 0.2) is 60.9 Å². The molecular weight excluding hydrogens is 362 g/mol. The molecule has 0 fully saturated rings. The number of rotatable bonds is 4. The van der Waals surface area contributed by atoms with E-state index >= 15 is 0 Å². The van der Waals surface area contributed by atoms with Crippen molar-refractivity contribution < 1.29 is 9.15 Å². The molecular formula is C17H14BrNO4. The van der Waals surface area contributed by atoms with Crippen LogP contribution < -0.4 is 16.1 Å². The van der Waals surface area contributed by atoms with Gasteiger partial charge in [0, 0.05) is 4.47 Å². The van der Waals surface area contributed by atoms with Crippen molar-refractivity contribution in [2.45, 2.75) is 13.5 Å². The van der Waals surface area contributed by atoms with Crippen LogP contribution in [0.5, 0.6) is 5.75 Å². The summed E-state index contributed by atoms with van der Waals surface area (Å²) in [6.07, 6.45) is 0. The third kappa shape index (κ3) is 3.22. The third-order valence-corrected chi connectivity index (χ3v) is 4.03. The van der Waals surface area contributed by atoms with Crippen molar-refractivity contribution in [3.8, 4) is 5.75 Å². The maximum Gasteiger partial charge on any atom is 0.422 e. The van der Waals surface area contributed by atoms with Crippen molar-refractivity contribution in [1.82, 2.24) is 4.57 Å². The molecule has 0 atom stereocenters. The first-order valence-electron chi connectivity index (χ1n) is 7.08. The molecule has 1 heterocycles. The number of nitrogens with zero attached hydrogens (tertiary/aromatic N) is 1. The van der Waals surface area contributed by atoms with Crippen LogP contribution in [0.4, 0.5) is 0 Å².